The quantitative estimate of drug-likeness (QED) is 0.909. The Morgan fingerprint density at radius 1 is 1.40 bits per heavy atom. The second-order valence-corrected chi connectivity index (χ2v) is 6.00. The first kappa shape index (κ1) is 16.9. The van der Waals surface area contributed by atoms with Crippen LogP contribution in [-0.4, -0.2) is 35.2 Å². The highest BCUT2D eigenvalue weighted by Gasteiger charge is 2.23. The average Bonchev–Trinajstić information content (AvgIpc) is 3.15. The van der Waals surface area contributed by atoms with Crippen LogP contribution in [0.4, 0.5) is 10.5 Å². The molecule has 1 N–H and O–H groups in total. The van der Waals surface area contributed by atoms with E-state index in [0.29, 0.717) is 24.3 Å². The van der Waals surface area contributed by atoms with Crippen molar-refractivity contribution in [3.8, 4) is 6.07 Å². The molecule has 3 rings (SSSR count). The average molecular weight is 336 g/mol. The molecule has 1 atom stereocenters. The van der Waals surface area contributed by atoms with Crippen molar-refractivity contribution in [2.75, 3.05) is 18.5 Å². The number of amides is 2. The number of benzene rings is 1. The third kappa shape index (κ3) is 4.78. The molecule has 1 aliphatic heterocycles. The zero-order valence-electron chi connectivity index (χ0n) is 13.9. The van der Waals surface area contributed by atoms with Gasteiger partial charge in [-0.2, -0.15) is 5.26 Å². The van der Waals surface area contributed by atoms with Gasteiger partial charge in [0.1, 0.15) is 0 Å². The predicted octanol–water partition coefficient (Wildman–Crippen LogP) is 3.17. The van der Waals surface area contributed by atoms with Crippen LogP contribution in [0.1, 0.15) is 24.0 Å². The number of anilines is 1. The lowest BCUT2D eigenvalue weighted by molar-refractivity contribution is 0.0819. The number of pyridine rings is 1. The van der Waals surface area contributed by atoms with Crippen LogP contribution in [0.2, 0.25) is 0 Å². The van der Waals surface area contributed by atoms with Gasteiger partial charge in [0.25, 0.3) is 0 Å². The van der Waals surface area contributed by atoms with Crippen LogP contribution in [0.25, 0.3) is 0 Å². The number of hydrogen-bond donors (Lipinski definition) is 1. The maximum Gasteiger partial charge on any atom is 0.322 e. The van der Waals surface area contributed by atoms with E-state index in [-0.39, 0.29) is 12.1 Å². The van der Waals surface area contributed by atoms with Crippen LogP contribution in [-0.2, 0) is 11.3 Å². The summed E-state index contributed by atoms with van der Waals surface area (Å²) in [6.45, 7) is 1.73. The molecule has 2 heterocycles. The Hall–Kier alpha value is -2.91. The highest BCUT2D eigenvalue weighted by Crippen LogP contribution is 2.17. The highest BCUT2D eigenvalue weighted by atomic mass is 16.5. The van der Waals surface area contributed by atoms with Gasteiger partial charge in [0, 0.05) is 37.8 Å². The fourth-order valence-corrected chi connectivity index (χ4v) is 2.83. The molecule has 0 radical (unpaired) electrons. The van der Waals surface area contributed by atoms with Gasteiger partial charge in [0.2, 0.25) is 0 Å². The Labute approximate surface area is 147 Å². The zero-order chi connectivity index (χ0) is 17.5. The van der Waals surface area contributed by atoms with Crippen LogP contribution < -0.4 is 5.32 Å². The molecule has 0 unspecified atom stereocenters. The van der Waals surface area contributed by atoms with Crippen LogP contribution in [0.5, 0.6) is 0 Å². The minimum absolute atomic E-state index is 0.0628. The van der Waals surface area contributed by atoms with Gasteiger partial charge in [-0.3, -0.25) is 4.98 Å². The minimum atomic E-state index is -0.213. The van der Waals surface area contributed by atoms with Gasteiger partial charge in [-0.05, 0) is 42.7 Å². The molecule has 25 heavy (non-hydrogen) atoms. The van der Waals surface area contributed by atoms with E-state index in [0.717, 1.165) is 25.0 Å². The van der Waals surface area contributed by atoms with Gasteiger partial charge >= 0.3 is 6.03 Å². The monoisotopic (exact) mass is 336 g/mol. The van der Waals surface area contributed by atoms with Gasteiger partial charge in [-0.25, -0.2) is 4.79 Å². The third-order valence-corrected chi connectivity index (χ3v) is 4.07. The first-order chi connectivity index (χ1) is 12.2. The Morgan fingerprint density at radius 2 is 2.32 bits per heavy atom. The van der Waals surface area contributed by atoms with Crippen molar-refractivity contribution >= 4 is 11.7 Å². The van der Waals surface area contributed by atoms with Crippen molar-refractivity contribution in [3.63, 3.8) is 0 Å². The van der Waals surface area contributed by atoms with E-state index in [4.69, 9.17) is 10.00 Å². The molecule has 2 amide bonds. The number of rotatable bonds is 5. The second-order valence-electron chi connectivity index (χ2n) is 6.00. The van der Waals surface area contributed by atoms with Crippen molar-refractivity contribution in [1.82, 2.24) is 9.88 Å². The summed E-state index contributed by atoms with van der Waals surface area (Å²) in [5, 5.41) is 11.9. The molecular formula is C19H20N4O2. The molecule has 0 spiro atoms. The van der Waals surface area contributed by atoms with Gasteiger partial charge in [0.15, 0.2) is 0 Å². The number of nitrogens with zero attached hydrogens (tertiary/aromatic N) is 3. The normalized spacial score (nSPS) is 16.2. The van der Waals surface area contributed by atoms with Gasteiger partial charge in [-0.15, -0.1) is 0 Å². The van der Waals surface area contributed by atoms with Crippen molar-refractivity contribution in [1.29, 1.82) is 5.26 Å². The fourth-order valence-electron chi connectivity index (χ4n) is 2.83. The molecule has 1 aliphatic rings. The van der Waals surface area contributed by atoms with Gasteiger partial charge in [0.05, 0.1) is 17.7 Å². The number of aromatic nitrogens is 1. The summed E-state index contributed by atoms with van der Waals surface area (Å²) in [6, 6.07) is 12.5. The number of carbonyl (C=O) groups is 1. The highest BCUT2D eigenvalue weighted by molar-refractivity contribution is 5.89. The van der Waals surface area contributed by atoms with Crippen LogP contribution in [0, 0.1) is 11.3 Å². The SMILES string of the molecule is N#Cc1cccc(NC(=O)N(Cc2cccnc2)C[C@H]2CCCO2)c1. The molecule has 1 saturated heterocycles. The van der Waals surface area contributed by atoms with Crippen molar-refractivity contribution in [3.05, 3.63) is 59.9 Å². The number of hydrogen-bond acceptors (Lipinski definition) is 4. The van der Waals surface area contributed by atoms with Crippen molar-refractivity contribution in [2.45, 2.75) is 25.5 Å². The van der Waals surface area contributed by atoms with Crippen molar-refractivity contribution in [2.24, 2.45) is 0 Å². The minimum Gasteiger partial charge on any atom is -0.376 e. The first-order valence-electron chi connectivity index (χ1n) is 8.31. The Balaban J connectivity index is 1.72. The Kier molecular flexibility index (Phi) is 5.60. The maximum absolute atomic E-state index is 12.8. The molecule has 6 heteroatoms. The summed E-state index contributed by atoms with van der Waals surface area (Å²) in [7, 11) is 0. The van der Waals surface area contributed by atoms with E-state index in [1.807, 2.05) is 12.1 Å². The third-order valence-electron chi connectivity index (χ3n) is 4.07. The summed E-state index contributed by atoms with van der Waals surface area (Å²) < 4.78 is 5.68. The molecule has 1 aromatic heterocycles. The number of ether oxygens (including phenoxy) is 1. The van der Waals surface area contributed by atoms with Crippen LogP contribution >= 0.6 is 0 Å². The molecule has 0 aliphatic carbocycles. The summed E-state index contributed by atoms with van der Waals surface area (Å²) in [5.41, 5.74) is 2.07. The molecule has 1 aromatic carbocycles. The van der Waals surface area contributed by atoms with E-state index in [9.17, 15) is 4.79 Å². The van der Waals surface area contributed by atoms with E-state index in [1.54, 1.807) is 41.6 Å². The Morgan fingerprint density at radius 3 is 3.04 bits per heavy atom. The van der Waals surface area contributed by atoms with Gasteiger partial charge < -0.3 is 15.0 Å². The number of urea groups is 1. The summed E-state index contributed by atoms with van der Waals surface area (Å²) in [6.07, 6.45) is 5.51. The summed E-state index contributed by atoms with van der Waals surface area (Å²) >= 11 is 0. The fraction of sp³-hybridized carbons (Fsp3) is 0.316. The lowest BCUT2D eigenvalue weighted by Crippen LogP contribution is -2.39. The maximum atomic E-state index is 12.8. The molecular weight excluding hydrogens is 316 g/mol. The van der Waals surface area contributed by atoms with Gasteiger partial charge in [-0.1, -0.05) is 12.1 Å². The molecule has 2 aromatic rings. The number of nitriles is 1. The smallest absolute Gasteiger partial charge is 0.322 e. The lowest BCUT2D eigenvalue weighted by Gasteiger charge is -2.25. The van der Waals surface area contributed by atoms with E-state index < -0.39 is 0 Å². The molecule has 0 saturated carbocycles. The van der Waals surface area contributed by atoms with Crippen LogP contribution in [0.15, 0.2) is 48.8 Å². The molecule has 6 nitrogen and oxygen atoms in total. The molecule has 0 bridgehead atoms. The zero-order valence-corrected chi connectivity index (χ0v) is 13.9. The van der Waals surface area contributed by atoms with E-state index in [2.05, 4.69) is 16.4 Å². The lowest BCUT2D eigenvalue weighted by atomic mass is 10.2. The van der Waals surface area contributed by atoms with Crippen molar-refractivity contribution < 1.29 is 9.53 Å². The van der Waals surface area contributed by atoms with E-state index in [1.165, 1.54) is 0 Å². The number of nitrogens with one attached hydrogen (secondary N) is 1. The van der Waals surface area contributed by atoms with Crippen LogP contribution in [0.3, 0.4) is 0 Å². The Bertz CT molecular complexity index is 752. The largest absolute Gasteiger partial charge is 0.376 e. The predicted molar refractivity (Wildman–Crippen MR) is 93.8 cm³/mol. The molecule has 1 fully saturated rings. The summed E-state index contributed by atoms with van der Waals surface area (Å²) in [5.74, 6) is 0. The number of carbonyl (C=O) groups excluding carboxylic acids is 1. The topological polar surface area (TPSA) is 78.3 Å². The first-order valence-corrected chi connectivity index (χ1v) is 8.31. The van der Waals surface area contributed by atoms with E-state index >= 15 is 0 Å². The standard InChI is InChI=1S/C19H20N4O2/c20-11-15-4-1-6-17(10-15)22-19(24)23(14-18-7-3-9-25-18)13-16-5-2-8-21-12-16/h1-2,4-6,8,10,12,18H,3,7,9,13-14H2,(H,22,24)/t18-/m1/s1. The molecule has 128 valence electrons. The second kappa shape index (κ2) is 8.27. The summed E-state index contributed by atoms with van der Waals surface area (Å²) in [4.78, 5) is 18.6.